The normalized spacial score (nSPS) is 15.4. The number of rotatable bonds is 3. The first-order chi connectivity index (χ1) is 10.9. The predicted octanol–water partition coefficient (Wildman–Crippen LogP) is 1.87. The maximum atomic E-state index is 13.2. The predicted molar refractivity (Wildman–Crippen MR) is 76.8 cm³/mol. The summed E-state index contributed by atoms with van der Waals surface area (Å²) in [5.74, 6) is -0.178. The Morgan fingerprint density at radius 2 is 1.96 bits per heavy atom. The van der Waals surface area contributed by atoms with Crippen LogP contribution in [0.15, 0.2) is 18.2 Å². The molecule has 1 heterocycles. The molecule has 5 nitrogen and oxygen atoms in total. The van der Waals surface area contributed by atoms with E-state index >= 15 is 0 Å². The summed E-state index contributed by atoms with van der Waals surface area (Å²) in [4.78, 5) is 14.9. The number of nitriles is 1. The van der Waals surface area contributed by atoms with Crippen LogP contribution < -0.4 is 4.90 Å². The average molecular weight is 327 g/mol. The van der Waals surface area contributed by atoms with Crippen LogP contribution in [0.2, 0.25) is 0 Å². The Kier molecular flexibility index (Phi) is 5.11. The van der Waals surface area contributed by atoms with Gasteiger partial charge in [-0.25, -0.2) is 0 Å². The van der Waals surface area contributed by atoms with Gasteiger partial charge in [0.2, 0.25) is 5.91 Å². The molecule has 8 heteroatoms. The van der Waals surface area contributed by atoms with E-state index in [0.29, 0.717) is 26.2 Å². The highest BCUT2D eigenvalue weighted by Crippen LogP contribution is 2.37. The Morgan fingerprint density at radius 3 is 2.48 bits per heavy atom. The molecule has 1 aromatic carbocycles. The minimum Gasteiger partial charge on any atom is -0.375 e. The van der Waals surface area contributed by atoms with Gasteiger partial charge in [0.15, 0.2) is 0 Å². The first-order valence-electron chi connectivity index (χ1n) is 7.00. The van der Waals surface area contributed by atoms with Crippen LogP contribution in [0.1, 0.15) is 11.1 Å². The molecule has 1 saturated heterocycles. The molecule has 0 aliphatic carbocycles. The van der Waals surface area contributed by atoms with Crippen LogP contribution in [-0.4, -0.2) is 50.7 Å². The highest BCUT2D eigenvalue weighted by molar-refractivity contribution is 5.77. The summed E-state index contributed by atoms with van der Waals surface area (Å²) < 4.78 is 44.4. The maximum Gasteiger partial charge on any atom is 0.418 e. The molecule has 2 rings (SSSR count). The monoisotopic (exact) mass is 327 g/mol. The van der Waals surface area contributed by atoms with Gasteiger partial charge in [0.05, 0.1) is 17.2 Å². The van der Waals surface area contributed by atoms with Crippen LogP contribution in [0, 0.1) is 11.3 Å². The number of hydrogen-bond acceptors (Lipinski definition) is 4. The summed E-state index contributed by atoms with van der Waals surface area (Å²) >= 11 is 0. The van der Waals surface area contributed by atoms with Gasteiger partial charge in [0.25, 0.3) is 0 Å². The van der Waals surface area contributed by atoms with Gasteiger partial charge in [-0.15, -0.1) is 0 Å². The fraction of sp³-hybridized carbons (Fsp3) is 0.467. The quantitative estimate of drug-likeness (QED) is 0.850. The molecule has 1 aromatic rings. The second-order valence-corrected chi connectivity index (χ2v) is 5.14. The molecule has 0 atom stereocenters. The van der Waals surface area contributed by atoms with E-state index in [-0.39, 0.29) is 23.8 Å². The van der Waals surface area contributed by atoms with Crippen LogP contribution in [0.25, 0.3) is 0 Å². The number of carbonyl (C=O) groups is 1. The van der Waals surface area contributed by atoms with Crippen LogP contribution >= 0.6 is 0 Å². The molecule has 0 unspecified atom stereocenters. The van der Waals surface area contributed by atoms with E-state index in [9.17, 15) is 18.0 Å². The zero-order valence-electron chi connectivity index (χ0n) is 12.6. The van der Waals surface area contributed by atoms with Crippen molar-refractivity contribution in [2.24, 2.45) is 0 Å². The van der Waals surface area contributed by atoms with Gasteiger partial charge in [-0.2, -0.15) is 18.4 Å². The summed E-state index contributed by atoms with van der Waals surface area (Å²) in [6.45, 7) is 1.22. The highest BCUT2D eigenvalue weighted by Gasteiger charge is 2.36. The van der Waals surface area contributed by atoms with E-state index in [0.717, 1.165) is 6.07 Å². The summed E-state index contributed by atoms with van der Waals surface area (Å²) in [5, 5.41) is 8.79. The smallest absolute Gasteiger partial charge is 0.375 e. The van der Waals surface area contributed by atoms with Crippen molar-refractivity contribution >= 4 is 11.6 Å². The zero-order chi connectivity index (χ0) is 17.0. The van der Waals surface area contributed by atoms with Crippen LogP contribution in [0.5, 0.6) is 0 Å². The Morgan fingerprint density at radius 1 is 1.30 bits per heavy atom. The Bertz CT molecular complexity index is 617. The molecule has 0 N–H and O–H groups in total. The average Bonchev–Trinajstić information content (AvgIpc) is 2.54. The molecule has 23 heavy (non-hydrogen) atoms. The molecule has 124 valence electrons. The second-order valence-electron chi connectivity index (χ2n) is 5.14. The van der Waals surface area contributed by atoms with Crippen molar-refractivity contribution in [3.8, 4) is 6.07 Å². The number of halogens is 3. The number of carbonyl (C=O) groups excluding carboxylic acids is 1. The van der Waals surface area contributed by atoms with E-state index < -0.39 is 11.7 Å². The van der Waals surface area contributed by atoms with E-state index in [1.54, 1.807) is 15.9 Å². The summed E-state index contributed by atoms with van der Waals surface area (Å²) in [6.07, 6.45) is -4.54. The minimum atomic E-state index is -4.54. The van der Waals surface area contributed by atoms with Gasteiger partial charge >= 0.3 is 6.18 Å². The maximum absolute atomic E-state index is 13.2. The van der Waals surface area contributed by atoms with Gasteiger partial charge < -0.3 is 14.5 Å². The van der Waals surface area contributed by atoms with Crippen molar-refractivity contribution in [3.05, 3.63) is 29.3 Å². The SMILES string of the molecule is COCC(=O)N1CCN(c2ccc(C#N)cc2C(F)(F)F)CC1. The molecular formula is C15H16F3N3O2. The molecule has 1 aliphatic heterocycles. The third kappa shape index (κ3) is 3.93. The van der Waals surface area contributed by atoms with Gasteiger partial charge in [0.1, 0.15) is 6.61 Å². The number of nitrogens with zero attached hydrogens (tertiary/aromatic N) is 3. The number of benzene rings is 1. The standard InChI is InChI=1S/C15H16F3N3O2/c1-23-10-14(22)21-6-4-20(5-7-21)13-3-2-11(9-19)8-12(13)15(16,17)18/h2-3,8H,4-7,10H2,1H3. The van der Waals surface area contributed by atoms with Crippen LogP contribution in [-0.2, 0) is 15.7 Å². The number of anilines is 1. The number of hydrogen-bond donors (Lipinski definition) is 0. The van der Waals surface area contributed by atoms with Crippen molar-refractivity contribution in [1.29, 1.82) is 5.26 Å². The molecule has 0 aromatic heterocycles. The molecular weight excluding hydrogens is 311 g/mol. The number of amides is 1. The first-order valence-corrected chi connectivity index (χ1v) is 7.00. The zero-order valence-corrected chi connectivity index (χ0v) is 12.6. The number of piperazine rings is 1. The largest absolute Gasteiger partial charge is 0.418 e. The van der Waals surface area contributed by atoms with Crippen molar-refractivity contribution in [3.63, 3.8) is 0 Å². The molecule has 1 fully saturated rings. The third-order valence-corrected chi connectivity index (χ3v) is 3.67. The lowest BCUT2D eigenvalue weighted by atomic mass is 10.1. The summed E-state index contributed by atoms with van der Waals surface area (Å²) in [5.41, 5.74) is -0.821. The fourth-order valence-corrected chi connectivity index (χ4v) is 2.52. The number of alkyl halides is 3. The van der Waals surface area contributed by atoms with Crippen LogP contribution in [0.4, 0.5) is 18.9 Å². The molecule has 0 bridgehead atoms. The highest BCUT2D eigenvalue weighted by atomic mass is 19.4. The van der Waals surface area contributed by atoms with Crippen molar-refractivity contribution < 1.29 is 22.7 Å². The van der Waals surface area contributed by atoms with Gasteiger partial charge in [-0.05, 0) is 18.2 Å². The first kappa shape index (κ1) is 17.1. The van der Waals surface area contributed by atoms with E-state index in [1.165, 1.54) is 19.2 Å². The topological polar surface area (TPSA) is 56.6 Å². The van der Waals surface area contributed by atoms with Gasteiger partial charge in [-0.3, -0.25) is 4.79 Å². The fourth-order valence-electron chi connectivity index (χ4n) is 2.52. The molecule has 0 radical (unpaired) electrons. The molecule has 0 spiro atoms. The van der Waals surface area contributed by atoms with E-state index in [2.05, 4.69) is 0 Å². The van der Waals surface area contributed by atoms with Crippen molar-refractivity contribution in [1.82, 2.24) is 4.90 Å². The van der Waals surface area contributed by atoms with Crippen molar-refractivity contribution in [2.45, 2.75) is 6.18 Å². The second kappa shape index (κ2) is 6.87. The van der Waals surface area contributed by atoms with Crippen molar-refractivity contribution in [2.75, 3.05) is 44.8 Å². The lowest BCUT2D eigenvalue weighted by Gasteiger charge is -2.37. The third-order valence-electron chi connectivity index (χ3n) is 3.67. The number of ether oxygens (including phenoxy) is 1. The molecule has 1 amide bonds. The Labute approximate surface area is 131 Å². The van der Waals surface area contributed by atoms with Crippen LogP contribution in [0.3, 0.4) is 0 Å². The number of methoxy groups -OCH3 is 1. The van der Waals surface area contributed by atoms with Gasteiger partial charge in [0, 0.05) is 39.0 Å². The summed E-state index contributed by atoms with van der Waals surface area (Å²) in [7, 11) is 1.42. The van der Waals surface area contributed by atoms with Gasteiger partial charge in [-0.1, -0.05) is 0 Å². The Hall–Kier alpha value is -2.27. The van der Waals surface area contributed by atoms with E-state index in [4.69, 9.17) is 10.00 Å². The summed E-state index contributed by atoms with van der Waals surface area (Å²) in [6, 6.07) is 5.26. The van der Waals surface area contributed by atoms with E-state index in [1.807, 2.05) is 0 Å². The molecule has 1 aliphatic rings. The lowest BCUT2D eigenvalue weighted by Crippen LogP contribution is -2.50. The molecule has 0 saturated carbocycles. The minimum absolute atomic E-state index is 0.0324. The lowest BCUT2D eigenvalue weighted by molar-refractivity contribution is -0.138. The Balaban J connectivity index is 2.18.